The van der Waals surface area contributed by atoms with E-state index in [1.54, 1.807) is 0 Å². The summed E-state index contributed by atoms with van der Waals surface area (Å²) in [5.41, 5.74) is 7.20. The zero-order valence-electron chi connectivity index (χ0n) is 11.1. The van der Waals surface area contributed by atoms with Gasteiger partial charge in [-0.3, -0.25) is 4.79 Å². The van der Waals surface area contributed by atoms with Gasteiger partial charge in [-0.05, 0) is 24.5 Å². The lowest BCUT2D eigenvalue weighted by Crippen LogP contribution is -2.41. The molecule has 1 aromatic rings. The molecule has 0 bridgehead atoms. The van der Waals surface area contributed by atoms with E-state index in [4.69, 9.17) is 5.73 Å². The van der Waals surface area contributed by atoms with Crippen LogP contribution >= 0.6 is 15.9 Å². The average molecular weight is 325 g/mol. The summed E-state index contributed by atoms with van der Waals surface area (Å²) in [6.45, 7) is 0.559. The lowest BCUT2D eigenvalue weighted by molar-refractivity contribution is -0.126. The second-order valence-electron chi connectivity index (χ2n) is 5.22. The molecule has 1 amide bonds. The molecule has 1 aliphatic carbocycles. The molecular weight excluding hydrogens is 304 g/mol. The van der Waals surface area contributed by atoms with Crippen LogP contribution in [0.3, 0.4) is 0 Å². The number of hydrogen-bond acceptors (Lipinski definition) is 2. The Morgan fingerprint density at radius 2 is 2.00 bits per heavy atom. The van der Waals surface area contributed by atoms with Crippen LogP contribution in [0.25, 0.3) is 0 Å². The van der Waals surface area contributed by atoms with E-state index in [0.717, 1.165) is 35.7 Å². The third-order valence-corrected chi connectivity index (χ3v) is 4.59. The Labute approximate surface area is 123 Å². The van der Waals surface area contributed by atoms with Crippen LogP contribution in [-0.2, 0) is 11.3 Å². The predicted molar refractivity (Wildman–Crippen MR) is 80.5 cm³/mol. The van der Waals surface area contributed by atoms with Crippen molar-refractivity contribution >= 4 is 21.8 Å². The molecule has 104 valence electrons. The molecule has 0 aromatic heterocycles. The van der Waals surface area contributed by atoms with Gasteiger partial charge in [0.2, 0.25) is 5.91 Å². The number of rotatable bonds is 3. The highest BCUT2D eigenvalue weighted by Crippen LogP contribution is 2.22. The molecule has 0 saturated heterocycles. The van der Waals surface area contributed by atoms with Crippen molar-refractivity contribution in [3.63, 3.8) is 0 Å². The van der Waals surface area contributed by atoms with Crippen molar-refractivity contribution in [1.29, 1.82) is 0 Å². The molecule has 1 saturated carbocycles. The van der Waals surface area contributed by atoms with Crippen LogP contribution < -0.4 is 11.1 Å². The smallest absolute Gasteiger partial charge is 0.224 e. The third kappa shape index (κ3) is 4.05. The molecule has 0 spiro atoms. The zero-order valence-corrected chi connectivity index (χ0v) is 12.7. The standard InChI is InChI=1S/C15H21BrN2O/c16-13-8-5-4-6-11(13)10-18-15(19)12-7-2-1-3-9-14(12)17/h4-6,8,12,14H,1-3,7,9-10,17H2,(H,18,19). The van der Waals surface area contributed by atoms with E-state index < -0.39 is 0 Å². The van der Waals surface area contributed by atoms with Crippen molar-refractivity contribution in [3.8, 4) is 0 Å². The topological polar surface area (TPSA) is 55.1 Å². The largest absolute Gasteiger partial charge is 0.352 e. The number of amides is 1. The molecule has 0 heterocycles. The van der Waals surface area contributed by atoms with Gasteiger partial charge < -0.3 is 11.1 Å². The fourth-order valence-electron chi connectivity index (χ4n) is 2.62. The van der Waals surface area contributed by atoms with Gasteiger partial charge >= 0.3 is 0 Å². The molecule has 2 atom stereocenters. The van der Waals surface area contributed by atoms with Gasteiger partial charge in [-0.1, -0.05) is 53.4 Å². The molecule has 1 aliphatic rings. The Bertz CT molecular complexity index is 436. The molecule has 0 radical (unpaired) electrons. The van der Waals surface area contributed by atoms with Crippen molar-refractivity contribution in [1.82, 2.24) is 5.32 Å². The van der Waals surface area contributed by atoms with Gasteiger partial charge in [0, 0.05) is 17.1 Å². The molecule has 0 aliphatic heterocycles. The average Bonchev–Trinajstić information content (AvgIpc) is 2.62. The highest BCUT2D eigenvalue weighted by atomic mass is 79.9. The molecular formula is C15H21BrN2O. The van der Waals surface area contributed by atoms with Gasteiger partial charge in [-0.2, -0.15) is 0 Å². The molecule has 3 N–H and O–H groups in total. The van der Waals surface area contributed by atoms with E-state index in [1.807, 2.05) is 24.3 Å². The Balaban J connectivity index is 1.91. The maximum absolute atomic E-state index is 12.2. The normalized spacial score (nSPS) is 23.7. The van der Waals surface area contributed by atoms with E-state index in [-0.39, 0.29) is 17.9 Å². The fourth-order valence-corrected chi connectivity index (χ4v) is 3.04. The lowest BCUT2D eigenvalue weighted by atomic mass is 9.94. The van der Waals surface area contributed by atoms with Crippen LogP contribution in [0, 0.1) is 5.92 Å². The minimum absolute atomic E-state index is 0.0155. The summed E-state index contributed by atoms with van der Waals surface area (Å²) in [6, 6.07) is 7.96. The summed E-state index contributed by atoms with van der Waals surface area (Å²) in [5.74, 6) is 0.0788. The van der Waals surface area contributed by atoms with E-state index in [2.05, 4.69) is 21.2 Å². The summed E-state index contributed by atoms with van der Waals surface area (Å²) < 4.78 is 1.03. The minimum Gasteiger partial charge on any atom is -0.352 e. The first-order valence-corrected chi connectivity index (χ1v) is 7.74. The maximum atomic E-state index is 12.2. The number of nitrogens with two attached hydrogens (primary N) is 1. The molecule has 19 heavy (non-hydrogen) atoms. The number of benzene rings is 1. The van der Waals surface area contributed by atoms with Gasteiger partial charge in [-0.15, -0.1) is 0 Å². The van der Waals surface area contributed by atoms with Crippen LogP contribution in [0.4, 0.5) is 0 Å². The van der Waals surface area contributed by atoms with Gasteiger partial charge in [0.15, 0.2) is 0 Å². The van der Waals surface area contributed by atoms with Crippen LogP contribution in [0.2, 0.25) is 0 Å². The lowest BCUT2D eigenvalue weighted by Gasteiger charge is -2.20. The van der Waals surface area contributed by atoms with Gasteiger partial charge in [0.1, 0.15) is 0 Å². The monoisotopic (exact) mass is 324 g/mol. The highest BCUT2D eigenvalue weighted by Gasteiger charge is 2.26. The quantitative estimate of drug-likeness (QED) is 0.840. The first-order chi connectivity index (χ1) is 9.18. The zero-order chi connectivity index (χ0) is 13.7. The highest BCUT2D eigenvalue weighted by molar-refractivity contribution is 9.10. The maximum Gasteiger partial charge on any atom is 0.224 e. The summed E-state index contributed by atoms with van der Waals surface area (Å²) in [6.07, 6.45) is 5.34. The molecule has 1 aromatic carbocycles. The summed E-state index contributed by atoms with van der Waals surface area (Å²) in [4.78, 5) is 12.2. The van der Waals surface area contributed by atoms with Crippen LogP contribution in [-0.4, -0.2) is 11.9 Å². The van der Waals surface area contributed by atoms with E-state index in [0.29, 0.717) is 6.54 Å². The van der Waals surface area contributed by atoms with E-state index in [9.17, 15) is 4.79 Å². The molecule has 3 nitrogen and oxygen atoms in total. The summed E-state index contributed by atoms with van der Waals surface area (Å²) in [7, 11) is 0. The van der Waals surface area contributed by atoms with E-state index in [1.165, 1.54) is 6.42 Å². The molecule has 2 rings (SSSR count). The Hall–Kier alpha value is -0.870. The van der Waals surface area contributed by atoms with Crippen LogP contribution in [0.1, 0.15) is 37.7 Å². The Morgan fingerprint density at radius 3 is 2.79 bits per heavy atom. The molecule has 2 unspecified atom stereocenters. The van der Waals surface area contributed by atoms with Crippen molar-refractivity contribution in [2.75, 3.05) is 0 Å². The molecule has 1 fully saturated rings. The first-order valence-electron chi connectivity index (χ1n) is 6.95. The van der Waals surface area contributed by atoms with Gasteiger partial charge in [0.05, 0.1) is 5.92 Å². The van der Waals surface area contributed by atoms with Crippen LogP contribution in [0.15, 0.2) is 28.7 Å². The number of halogens is 1. The minimum atomic E-state index is -0.0232. The second kappa shape index (κ2) is 7.06. The van der Waals surface area contributed by atoms with Crippen LogP contribution in [0.5, 0.6) is 0 Å². The Morgan fingerprint density at radius 1 is 1.26 bits per heavy atom. The third-order valence-electron chi connectivity index (χ3n) is 3.82. The second-order valence-corrected chi connectivity index (χ2v) is 6.07. The number of carbonyl (C=O) groups is 1. The summed E-state index contributed by atoms with van der Waals surface area (Å²) >= 11 is 3.49. The predicted octanol–water partition coefficient (Wildman–Crippen LogP) is 2.97. The number of hydrogen-bond donors (Lipinski definition) is 2. The van der Waals surface area contributed by atoms with Crippen molar-refractivity contribution in [3.05, 3.63) is 34.3 Å². The van der Waals surface area contributed by atoms with Crippen molar-refractivity contribution in [2.45, 2.75) is 44.7 Å². The number of carbonyl (C=O) groups excluding carboxylic acids is 1. The van der Waals surface area contributed by atoms with E-state index >= 15 is 0 Å². The van der Waals surface area contributed by atoms with Gasteiger partial charge in [-0.25, -0.2) is 0 Å². The SMILES string of the molecule is NC1CCCCCC1C(=O)NCc1ccccc1Br. The Kier molecular flexibility index (Phi) is 5.40. The first kappa shape index (κ1) is 14.5. The number of nitrogens with one attached hydrogen (secondary N) is 1. The fraction of sp³-hybridized carbons (Fsp3) is 0.533. The van der Waals surface area contributed by atoms with Gasteiger partial charge in [0.25, 0.3) is 0 Å². The van der Waals surface area contributed by atoms with Crippen molar-refractivity contribution < 1.29 is 4.79 Å². The molecule has 4 heteroatoms. The summed E-state index contributed by atoms with van der Waals surface area (Å²) in [5, 5.41) is 3.02. The van der Waals surface area contributed by atoms with Crippen molar-refractivity contribution in [2.24, 2.45) is 11.7 Å².